The van der Waals surface area contributed by atoms with Crippen LogP contribution in [0, 0.1) is 0 Å². The molecule has 136 valence electrons. The van der Waals surface area contributed by atoms with Crippen LogP contribution >= 0.6 is 7.60 Å². The fraction of sp³-hybridized carbons (Fsp3) is 0.556. The Hall–Kier alpha value is -1.49. The lowest BCUT2D eigenvalue weighted by Gasteiger charge is -2.27. The Labute approximate surface area is 147 Å². The number of aromatic nitrogens is 2. The molecule has 0 unspecified atom stereocenters. The Morgan fingerprint density at radius 2 is 1.88 bits per heavy atom. The third-order valence-corrected chi connectivity index (χ3v) is 6.74. The van der Waals surface area contributed by atoms with Gasteiger partial charge in [-0.05, 0) is 38.8 Å². The van der Waals surface area contributed by atoms with Crippen molar-refractivity contribution in [3.05, 3.63) is 34.7 Å². The van der Waals surface area contributed by atoms with Crippen molar-refractivity contribution >= 4 is 23.9 Å². The zero-order valence-electron chi connectivity index (χ0n) is 14.8. The molecule has 0 aliphatic heterocycles. The molecule has 3 rings (SSSR count). The highest BCUT2D eigenvalue weighted by Crippen LogP contribution is 2.46. The summed E-state index contributed by atoms with van der Waals surface area (Å²) in [6.45, 7) is 3.92. The van der Waals surface area contributed by atoms with Crippen molar-refractivity contribution in [3.63, 3.8) is 0 Å². The van der Waals surface area contributed by atoms with Gasteiger partial charge >= 0.3 is 7.60 Å². The molecule has 1 fully saturated rings. The predicted octanol–water partition coefficient (Wildman–Crippen LogP) is 3.79. The quantitative estimate of drug-likeness (QED) is 0.729. The van der Waals surface area contributed by atoms with E-state index in [0.29, 0.717) is 11.0 Å². The van der Waals surface area contributed by atoms with Gasteiger partial charge in [-0.2, -0.15) is 0 Å². The maximum absolute atomic E-state index is 13.2. The van der Waals surface area contributed by atoms with Crippen LogP contribution in [0.15, 0.2) is 29.3 Å². The first-order valence-corrected chi connectivity index (χ1v) is 10.5. The summed E-state index contributed by atoms with van der Waals surface area (Å²) in [6.07, 6.45) is 8.93. The lowest BCUT2D eigenvalue weighted by Crippen LogP contribution is -2.31. The van der Waals surface area contributed by atoms with E-state index in [9.17, 15) is 9.36 Å². The zero-order valence-corrected chi connectivity index (χ0v) is 15.7. The van der Waals surface area contributed by atoms with Crippen molar-refractivity contribution in [2.45, 2.75) is 52.0 Å². The van der Waals surface area contributed by atoms with Crippen LogP contribution in [-0.2, 0) is 13.6 Å². The fourth-order valence-electron chi connectivity index (χ4n) is 3.52. The second-order valence-electron chi connectivity index (χ2n) is 6.25. The van der Waals surface area contributed by atoms with Crippen LogP contribution in [0.5, 0.6) is 0 Å². The molecule has 1 aliphatic rings. The maximum atomic E-state index is 13.2. The second kappa shape index (κ2) is 7.81. The van der Waals surface area contributed by atoms with Crippen molar-refractivity contribution in [3.8, 4) is 0 Å². The molecule has 0 bridgehead atoms. The normalized spacial score (nSPS) is 16.4. The lowest BCUT2D eigenvalue weighted by atomic mass is 9.95. The monoisotopic (exact) mass is 364 g/mol. The van der Waals surface area contributed by atoms with Gasteiger partial charge in [-0.15, -0.1) is 0 Å². The van der Waals surface area contributed by atoms with E-state index in [4.69, 9.17) is 9.05 Å². The van der Waals surface area contributed by atoms with Crippen LogP contribution in [0.1, 0.15) is 52.0 Å². The summed E-state index contributed by atoms with van der Waals surface area (Å²) in [7, 11) is -3.65. The molecule has 0 radical (unpaired) electrons. The third kappa shape index (κ3) is 3.57. The van der Waals surface area contributed by atoms with Crippen LogP contribution in [0.25, 0.3) is 11.0 Å². The van der Waals surface area contributed by atoms with E-state index in [0.717, 1.165) is 25.7 Å². The van der Waals surface area contributed by atoms with Crippen molar-refractivity contribution in [2.75, 3.05) is 13.2 Å². The molecule has 0 saturated heterocycles. The number of rotatable bonds is 6. The summed E-state index contributed by atoms with van der Waals surface area (Å²) in [5, 5.41) is 0.576. The Kier molecular flexibility index (Phi) is 5.72. The van der Waals surface area contributed by atoms with Gasteiger partial charge in [-0.25, -0.2) is 4.98 Å². The molecule has 7 heteroatoms. The van der Waals surface area contributed by atoms with Gasteiger partial charge in [0.1, 0.15) is 11.0 Å². The number of nitrogens with zero attached hydrogens (tertiary/aromatic N) is 2. The van der Waals surface area contributed by atoms with Gasteiger partial charge in [0.15, 0.2) is 0 Å². The van der Waals surface area contributed by atoms with Gasteiger partial charge in [0.25, 0.3) is 0 Å². The average molecular weight is 364 g/mol. The molecule has 0 atom stereocenters. The summed E-state index contributed by atoms with van der Waals surface area (Å²) in [4.78, 5) is 17.4. The van der Waals surface area contributed by atoms with Gasteiger partial charge < -0.3 is 13.6 Å². The number of pyridine rings is 2. The molecule has 2 aromatic heterocycles. The van der Waals surface area contributed by atoms with Crippen LogP contribution in [0.4, 0.5) is 0 Å². The van der Waals surface area contributed by atoms with Crippen molar-refractivity contribution < 1.29 is 13.6 Å². The van der Waals surface area contributed by atoms with Crippen LogP contribution in [-0.4, -0.2) is 22.8 Å². The Morgan fingerprint density at radius 3 is 2.52 bits per heavy atom. The molecule has 1 aliphatic carbocycles. The van der Waals surface area contributed by atoms with Crippen molar-refractivity contribution in [1.82, 2.24) is 9.55 Å². The minimum Gasteiger partial charge on any atom is -0.328 e. The summed E-state index contributed by atoms with van der Waals surface area (Å²) < 4.78 is 26.1. The number of fused-ring (bicyclic) bond motifs is 1. The molecule has 0 spiro atoms. The Morgan fingerprint density at radius 1 is 1.20 bits per heavy atom. The minimum absolute atomic E-state index is 0.113. The predicted molar refractivity (Wildman–Crippen MR) is 98.6 cm³/mol. The molecule has 0 aromatic carbocycles. The summed E-state index contributed by atoms with van der Waals surface area (Å²) in [6, 6.07) is 3.71. The molecule has 2 heterocycles. The average Bonchev–Trinajstić information content (AvgIpc) is 2.63. The van der Waals surface area contributed by atoms with Gasteiger partial charge in [0.05, 0.1) is 18.6 Å². The highest BCUT2D eigenvalue weighted by molar-refractivity contribution is 7.62. The van der Waals surface area contributed by atoms with E-state index in [1.165, 1.54) is 6.42 Å². The molecule has 25 heavy (non-hydrogen) atoms. The molecule has 6 nitrogen and oxygen atoms in total. The first-order valence-electron chi connectivity index (χ1n) is 9.00. The zero-order chi connectivity index (χ0) is 17.9. The molecular weight excluding hydrogens is 339 g/mol. The molecule has 2 aromatic rings. The molecule has 0 amide bonds. The maximum Gasteiger partial charge on any atom is 0.366 e. The molecular formula is C18H25N2O4P. The van der Waals surface area contributed by atoms with Crippen molar-refractivity contribution in [1.29, 1.82) is 0 Å². The Balaban J connectivity index is 2.24. The largest absolute Gasteiger partial charge is 0.366 e. The molecule has 1 saturated carbocycles. The van der Waals surface area contributed by atoms with E-state index in [1.54, 1.807) is 38.4 Å². The summed E-state index contributed by atoms with van der Waals surface area (Å²) >= 11 is 0. The fourth-order valence-corrected chi connectivity index (χ4v) is 5.19. The first kappa shape index (κ1) is 18.3. The highest BCUT2D eigenvalue weighted by Gasteiger charge is 2.32. The Bertz CT molecular complexity index is 833. The molecule has 0 N–H and O–H groups in total. The van der Waals surface area contributed by atoms with E-state index in [2.05, 4.69) is 4.98 Å². The van der Waals surface area contributed by atoms with Gasteiger partial charge in [0.2, 0.25) is 5.43 Å². The smallest absolute Gasteiger partial charge is 0.328 e. The van der Waals surface area contributed by atoms with Crippen LogP contribution < -0.4 is 10.7 Å². The van der Waals surface area contributed by atoms with Gasteiger partial charge in [-0.3, -0.25) is 9.36 Å². The minimum atomic E-state index is -3.65. The first-order chi connectivity index (χ1) is 12.1. The standard InChI is InChI=1S/C18H25N2O4P/c1-3-23-25(22,24-4-2)16-13-20(14-9-6-5-7-10-14)18-15(17(16)21)11-8-12-19-18/h8,11-14H,3-7,9-10H2,1-2H3. The van der Waals surface area contributed by atoms with Crippen LogP contribution in [0.2, 0.25) is 0 Å². The van der Waals surface area contributed by atoms with Crippen molar-refractivity contribution in [2.24, 2.45) is 0 Å². The highest BCUT2D eigenvalue weighted by atomic mass is 31.2. The van der Waals surface area contributed by atoms with E-state index >= 15 is 0 Å². The summed E-state index contributed by atoms with van der Waals surface area (Å²) in [5.74, 6) is 0. The van der Waals surface area contributed by atoms with Gasteiger partial charge in [-0.1, -0.05) is 19.3 Å². The number of hydrogen-bond acceptors (Lipinski definition) is 5. The second-order valence-corrected chi connectivity index (χ2v) is 8.24. The number of hydrogen-bond donors (Lipinski definition) is 0. The van der Waals surface area contributed by atoms with E-state index in [1.807, 2.05) is 4.57 Å². The topological polar surface area (TPSA) is 70.4 Å². The lowest BCUT2D eigenvalue weighted by molar-refractivity contribution is 0.229. The SMILES string of the molecule is CCOP(=O)(OCC)c1cn(C2CCCCC2)c2ncccc2c1=O. The van der Waals surface area contributed by atoms with E-state index < -0.39 is 7.60 Å². The van der Waals surface area contributed by atoms with Crippen LogP contribution in [0.3, 0.4) is 0 Å². The summed E-state index contributed by atoms with van der Waals surface area (Å²) in [5.41, 5.74) is 0.322. The third-order valence-electron chi connectivity index (χ3n) is 4.63. The van der Waals surface area contributed by atoms with Gasteiger partial charge in [0, 0.05) is 18.4 Å². The van der Waals surface area contributed by atoms with E-state index in [-0.39, 0.29) is 30.0 Å².